The van der Waals surface area contributed by atoms with Crippen LogP contribution < -0.4 is 5.73 Å². The summed E-state index contributed by atoms with van der Waals surface area (Å²) >= 11 is 0. The van der Waals surface area contributed by atoms with Gasteiger partial charge in [-0.25, -0.2) is 9.67 Å². The second-order valence-electron chi connectivity index (χ2n) is 4.18. The summed E-state index contributed by atoms with van der Waals surface area (Å²) in [6.45, 7) is 3.82. The third kappa shape index (κ3) is 2.38. The largest absolute Gasteiger partial charge is 0.341 e. The predicted octanol–water partition coefficient (Wildman–Crippen LogP) is -0.0798. The average Bonchev–Trinajstić information content (AvgIpc) is 2.87. The number of carbonyl (C=O) groups is 1. The fourth-order valence-electron chi connectivity index (χ4n) is 1.80. The normalized spacial score (nSPS) is 17.8. The molecule has 0 radical (unpaired) electrons. The summed E-state index contributed by atoms with van der Waals surface area (Å²) in [7, 11) is 0. The van der Waals surface area contributed by atoms with Crippen molar-refractivity contribution in [1.82, 2.24) is 19.7 Å². The first-order chi connectivity index (χ1) is 7.66. The molecular weight excluding hydrogens is 206 g/mol. The Morgan fingerprint density at radius 3 is 2.81 bits per heavy atom. The summed E-state index contributed by atoms with van der Waals surface area (Å²) in [5.41, 5.74) is 5.65. The minimum atomic E-state index is -0.192. The molecule has 6 nitrogen and oxygen atoms in total. The number of carbonyl (C=O) groups excluding carboxylic acids is 1. The molecule has 0 spiro atoms. The number of hydrogen-bond acceptors (Lipinski definition) is 4. The van der Waals surface area contributed by atoms with E-state index in [9.17, 15) is 4.79 Å². The fourth-order valence-corrected chi connectivity index (χ4v) is 1.80. The third-order valence-electron chi connectivity index (χ3n) is 2.72. The third-order valence-corrected chi connectivity index (χ3v) is 2.72. The van der Waals surface area contributed by atoms with E-state index in [1.165, 1.54) is 0 Å². The Morgan fingerprint density at radius 1 is 1.56 bits per heavy atom. The number of hydrogen-bond donors (Lipinski definition) is 1. The van der Waals surface area contributed by atoms with Crippen LogP contribution in [0, 0.1) is 0 Å². The van der Waals surface area contributed by atoms with Crippen LogP contribution >= 0.6 is 0 Å². The lowest BCUT2D eigenvalue weighted by atomic mass is 10.4. The molecule has 88 valence electrons. The first-order valence-electron chi connectivity index (χ1n) is 5.59. The molecule has 6 heteroatoms. The summed E-state index contributed by atoms with van der Waals surface area (Å²) in [6.07, 6.45) is 3.77. The van der Waals surface area contributed by atoms with Crippen molar-refractivity contribution in [1.29, 1.82) is 0 Å². The standard InChI is InChI=1S/C10H17N5O/c1-8(11)10-12-7-15(13-10)6-9(16)14-4-2-3-5-14/h7-8H,2-6,11H2,1H3. The van der Waals surface area contributed by atoms with E-state index in [0.717, 1.165) is 25.9 Å². The molecule has 0 bridgehead atoms. The Labute approximate surface area is 94.4 Å². The average molecular weight is 223 g/mol. The molecule has 1 aliphatic rings. The van der Waals surface area contributed by atoms with Gasteiger partial charge in [0, 0.05) is 13.1 Å². The van der Waals surface area contributed by atoms with Crippen molar-refractivity contribution in [2.75, 3.05) is 13.1 Å². The van der Waals surface area contributed by atoms with Gasteiger partial charge < -0.3 is 10.6 Å². The van der Waals surface area contributed by atoms with Crippen LogP contribution in [-0.4, -0.2) is 38.7 Å². The summed E-state index contributed by atoms with van der Waals surface area (Å²) in [4.78, 5) is 17.7. The Balaban J connectivity index is 1.95. The molecule has 1 aliphatic heterocycles. The van der Waals surface area contributed by atoms with Gasteiger partial charge in [0.25, 0.3) is 0 Å². The van der Waals surface area contributed by atoms with Gasteiger partial charge in [-0.15, -0.1) is 0 Å². The van der Waals surface area contributed by atoms with Crippen molar-refractivity contribution in [3.05, 3.63) is 12.2 Å². The zero-order chi connectivity index (χ0) is 11.5. The second kappa shape index (κ2) is 4.61. The van der Waals surface area contributed by atoms with Crippen LogP contribution in [0.3, 0.4) is 0 Å². The van der Waals surface area contributed by atoms with Gasteiger partial charge in [-0.3, -0.25) is 4.79 Å². The van der Waals surface area contributed by atoms with E-state index < -0.39 is 0 Å². The van der Waals surface area contributed by atoms with Crippen molar-refractivity contribution >= 4 is 5.91 Å². The summed E-state index contributed by atoms with van der Waals surface area (Å²) in [6, 6.07) is -0.192. The topological polar surface area (TPSA) is 77.0 Å². The van der Waals surface area contributed by atoms with Crippen LogP contribution in [0.2, 0.25) is 0 Å². The number of nitrogens with zero attached hydrogens (tertiary/aromatic N) is 4. The van der Waals surface area contributed by atoms with Crippen LogP contribution in [0.4, 0.5) is 0 Å². The monoisotopic (exact) mass is 223 g/mol. The SMILES string of the molecule is CC(N)c1ncn(CC(=O)N2CCCC2)n1. The highest BCUT2D eigenvalue weighted by Crippen LogP contribution is 2.08. The molecule has 2 rings (SSSR count). The molecule has 2 N–H and O–H groups in total. The number of nitrogens with two attached hydrogens (primary N) is 1. The predicted molar refractivity (Wildman–Crippen MR) is 58.4 cm³/mol. The molecule has 1 atom stereocenters. The van der Waals surface area contributed by atoms with Crippen LogP contribution in [0.15, 0.2) is 6.33 Å². The van der Waals surface area contributed by atoms with Gasteiger partial charge in [-0.2, -0.15) is 5.10 Å². The molecule has 1 amide bonds. The van der Waals surface area contributed by atoms with Crippen LogP contribution in [0.25, 0.3) is 0 Å². The molecule has 1 unspecified atom stereocenters. The molecule has 2 heterocycles. The molecule has 1 saturated heterocycles. The smallest absolute Gasteiger partial charge is 0.244 e. The summed E-state index contributed by atoms with van der Waals surface area (Å²) in [5, 5.41) is 4.15. The van der Waals surface area contributed by atoms with E-state index in [-0.39, 0.29) is 18.5 Å². The lowest BCUT2D eigenvalue weighted by molar-refractivity contribution is -0.130. The maximum Gasteiger partial charge on any atom is 0.244 e. The molecule has 1 aromatic rings. The van der Waals surface area contributed by atoms with Gasteiger partial charge in [-0.05, 0) is 19.8 Å². The molecule has 1 aromatic heterocycles. The van der Waals surface area contributed by atoms with Crippen LogP contribution in [0.5, 0.6) is 0 Å². The highest BCUT2D eigenvalue weighted by atomic mass is 16.2. The molecule has 0 saturated carbocycles. The quantitative estimate of drug-likeness (QED) is 0.777. The first kappa shape index (κ1) is 11.1. The molecule has 16 heavy (non-hydrogen) atoms. The van der Waals surface area contributed by atoms with Gasteiger partial charge in [0.1, 0.15) is 12.9 Å². The highest BCUT2D eigenvalue weighted by Gasteiger charge is 2.18. The van der Waals surface area contributed by atoms with Crippen molar-refractivity contribution < 1.29 is 4.79 Å². The zero-order valence-corrected chi connectivity index (χ0v) is 9.46. The highest BCUT2D eigenvalue weighted by molar-refractivity contribution is 5.76. The van der Waals surface area contributed by atoms with E-state index in [2.05, 4.69) is 10.1 Å². The maximum atomic E-state index is 11.8. The summed E-state index contributed by atoms with van der Waals surface area (Å²) in [5.74, 6) is 0.688. The fraction of sp³-hybridized carbons (Fsp3) is 0.700. The zero-order valence-electron chi connectivity index (χ0n) is 9.46. The van der Waals surface area contributed by atoms with Gasteiger partial charge in [0.2, 0.25) is 5.91 Å². The van der Waals surface area contributed by atoms with Gasteiger partial charge >= 0.3 is 0 Å². The van der Waals surface area contributed by atoms with E-state index in [1.807, 2.05) is 11.8 Å². The molecular formula is C10H17N5O. The Morgan fingerprint density at radius 2 is 2.25 bits per heavy atom. The minimum Gasteiger partial charge on any atom is -0.341 e. The molecule has 1 fully saturated rings. The lowest BCUT2D eigenvalue weighted by Gasteiger charge is -2.14. The molecule has 0 aliphatic carbocycles. The van der Waals surface area contributed by atoms with Crippen molar-refractivity contribution in [2.45, 2.75) is 32.4 Å². The van der Waals surface area contributed by atoms with Gasteiger partial charge in [0.05, 0.1) is 6.04 Å². The van der Waals surface area contributed by atoms with E-state index in [4.69, 9.17) is 5.73 Å². The van der Waals surface area contributed by atoms with Crippen molar-refractivity contribution in [2.24, 2.45) is 5.73 Å². The number of rotatable bonds is 3. The molecule has 0 aromatic carbocycles. The first-order valence-corrected chi connectivity index (χ1v) is 5.59. The van der Waals surface area contributed by atoms with Crippen molar-refractivity contribution in [3.63, 3.8) is 0 Å². The Kier molecular flexibility index (Phi) is 3.19. The summed E-state index contributed by atoms with van der Waals surface area (Å²) < 4.78 is 1.55. The van der Waals surface area contributed by atoms with Crippen molar-refractivity contribution in [3.8, 4) is 0 Å². The maximum absolute atomic E-state index is 11.8. The number of likely N-dealkylation sites (tertiary alicyclic amines) is 1. The lowest BCUT2D eigenvalue weighted by Crippen LogP contribution is -2.31. The second-order valence-corrected chi connectivity index (χ2v) is 4.18. The van der Waals surface area contributed by atoms with E-state index in [1.54, 1.807) is 11.0 Å². The van der Waals surface area contributed by atoms with Gasteiger partial charge in [0.15, 0.2) is 5.82 Å². The Bertz CT molecular complexity index is 367. The number of amides is 1. The van der Waals surface area contributed by atoms with E-state index in [0.29, 0.717) is 5.82 Å². The van der Waals surface area contributed by atoms with Crippen LogP contribution in [-0.2, 0) is 11.3 Å². The minimum absolute atomic E-state index is 0.110. The van der Waals surface area contributed by atoms with Gasteiger partial charge in [-0.1, -0.05) is 0 Å². The number of aromatic nitrogens is 3. The van der Waals surface area contributed by atoms with E-state index >= 15 is 0 Å². The van der Waals surface area contributed by atoms with Crippen LogP contribution in [0.1, 0.15) is 31.6 Å². The Hall–Kier alpha value is -1.43.